The van der Waals surface area contributed by atoms with Gasteiger partial charge in [-0.3, -0.25) is 0 Å². The quantitative estimate of drug-likeness (QED) is 0.639. The molecule has 1 aliphatic heterocycles. The third-order valence-corrected chi connectivity index (χ3v) is 3.13. The number of hydrogen-bond acceptors (Lipinski definition) is 4. The molecule has 1 saturated heterocycles. The van der Waals surface area contributed by atoms with Crippen LogP contribution in [0.2, 0.25) is 0 Å². The normalized spacial score (nSPS) is 18.4. The number of piperidine rings is 1. The van der Waals surface area contributed by atoms with E-state index in [4.69, 9.17) is 4.74 Å². The number of carbonyl (C=O) groups excluding carboxylic acids is 1. The Labute approximate surface area is 122 Å². The molecule has 1 rings (SSSR count). The number of allylic oxidation sites excluding steroid dienone is 2. The van der Waals surface area contributed by atoms with E-state index in [9.17, 15) is 4.79 Å². The lowest BCUT2D eigenvalue weighted by Gasteiger charge is -2.33. The molecular weight excluding hydrogens is 254 g/mol. The van der Waals surface area contributed by atoms with E-state index < -0.39 is 5.60 Å². The Morgan fingerprint density at radius 3 is 2.45 bits per heavy atom. The van der Waals surface area contributed by atoms with Gasteiger partial charge in [0.25, 0.3) is 0 Å². The van der Waals surface area contributed by atoms with Gasteiger partial charge in [-0.1, -0.05) is 6.08 Å². The molecule has 0 bridgehead atoms. The number of nitrogens with one attached hydrogen (secondary N) is 1. The summed E-state index contributed by atoms with van der Waals surface area (Å²) in [5.74, 6) is 0. The Morgan fingerprint density at radius 1 is 1.35 bits per heavy atom. The number of hydrogen-bond donors (Lipinski definition) is 1. The molecule has 0 aromatic carbocycles. The lowest BCUT2D eigenvalue weighted by atomic mass is 10.1. The molecule has 0 spiro atoms. The first-order chi connectivity index (χ1) is 9.31. The van der Waals surface area contributed by atoms with Crippen molar-refractivity contribution in [3.63, 3.8) is 0 Å². The minimum absolute atomic E-state index is 0.218. The fraction of sp³-hybridized carbons (Fsp3) is 0.733. The first kappa shape index (κ1) is 16.5. The molecule has 1 amide bonds. The van der Waals surface area contributed by atoms with Gasteiger partial charge in [0.05, 0.1) is 0 Å². The summed E-state index contributed by atoms with van der Waals surface area (Å²) >= 11 is 0. The highest BCUT2D eigenvalue weighted by molar-refractivity contribution is 5.77. The minimum atomic E-state index is -0.430. The van der Waals surface area contributed by atoms with Crippen LogP contribution in [0.1, 0.15) is 47.5 Å². The summed E-state index contributed by atoms with van der Waals surface area (Å²) in [6.45, 7) is 11.1. The van der Waals surface area contributed by atoms with Crippen LogP contribution in [-0.2, 0) is 4.74 Å². The van der Waals surface area contributed by atoms with Gasteiger partial charge in [-0.05, 0) is 53.0 Å². The monoisotopic (exact) mass is 281 g/mol. The third kappa shape index (κ3) is 6.08. The van der Waals surface area contributed by atoms with Crippen LogP contribution in [0.15, 0.2) is 16.8 Å². The lowest BCUT2D eigenvalue weighted by molar-refractivity contribution is 0.0199. The fourth-order valence-electron chi connectivity index (χ4n) is 1.84. The van der Waals surface area contributed by atoms with Gasteiger partial charge >= 0.3 is 6.09 Å². The van der Waals surface area contributed by atoms with Crippen molar-refractivity contribution in [3.8, 4) is 0 Å². The van der Waals surface area contributed by atoms with Crippen molar-refractivity contribution in [1.29, 1.82) is 0 Å². The van der Waals surface area contributed by atoms with E-state index in [1.807, 2.05) is 46.9 Å². The van der Waals surface area contributed by atoms with Gasteiger partial charge in [-0.2, -0.15) is 5.10 Å². The number of hydrazone groups is 1. The molecule has 0 radical (unpaired) electrons. The van der Waals surface area contributed by atoms with Gasteiger partial charge in [0.1, 0.15) is 5.60 Å². The van der Waals surface area contributed by atoms with E-state index in [0.29, 0.717) is 19.1 Å². The summed E-state index contributed by atoms with van der Waals surface area (Å²) in [7, 11) is 0. The molecule has 0 aliphatic carbocycles. The van der Waals surface area contributed by atoms with Crippen LogP contribution in [0.3, 0.4) is 0 Å². The van der Waals surface area contributed by atoms with Gasteiger partial charge in [-0.25, -0.2) is 4.79 Å². The average molecular weight is 281 g/mol. The molecule has 1 aliphatic rings. The van der Waals surface area contributed by atoms with Crippen molar-refractivity contribution in [3.05, 3.63) is 11.6 Å². The van der Waals surface area contributed by atoms with Crippen LogP contribution in [-0.4, -0.2) is 41.9 Å². The molecule has 20 heavy (non-hydrogen) atoms. The molecule has 0 aromatic rings. The van der Waals surface area contributed by atoms with E-state index >= 15 is 0 Å². The fourth-order valence-corrected chi connectivity index (χ4v) is 1.84. The number of rotatable bonds is 3. The van der Waals surface area contributed by atoms with Gasteiger partial charge in [0.2, 0.25) is 0 Å². The van der Waals surface area contributed by atoms with Gasteiger partial charge < -0.3 is 15.1 Å². The van der Waals surface area contributed by atoms with Gasteiger partial charge in [0.15, 0.2) is 0 Å². The summed E-state index contributed by atoms with van der Waals surface area (Å²) in [6, 6.07) is 0.328. The third-order valence-electron chi connectivity index (χ3n) is 3.13. The Bertz CT molecular complexity index is 375. The second-order valence-corrected chi connectivity index (χ2v) is 6.16. The zero-order valence-electron chi connectivity index (χ0n) is 13.3. The maximum Gasteiger partial charge on any atom is 0.410 e. The molecule has 1 heterocycles. The maximum absolute atomic E-state index is 11.9. The Kier molecular flexibility index (Phi) is 6.05. The summed E-state index contributed by atoms with van der Waals surface area (Å²) in [6.07, 6.45) is 5.40. The highest BCUT2D eigenvalue weighted by Crippen LogP contribution is 2.15. The first-order valence-electron chi connectivity index (χ1n) is 7.21. The molecule has 5 nitrogen and oxygen atoms in total. The van der Waals surface area contributed by atoms with Crippen molar-refractivity contribution in [2.75, 3.05) is 13.1 Å². The number of likely N-dealkylation sites (tertiary alicyclic amines) is 1. The van der Waals surface area contributed by atoms with Crippen molar-refractivity contribution >= 4 is 12.3 Å². The highest BCUT2D eigenvalue weighted by Gasteiger charge is 2.26. The minimum Gasteiger partial charge on any atom is -0.444 e. The van der Waals surface area contributed by atoms with Crippen LogP contribution in [0.25, 0.3) is 0 Å². The smallest absolute Gasteiger partial charge is 0.410 e. The molecule has 1 N–H and O–H groups in total. The largest absolute Gasteiger partial charge is 0.444 e. The van der Waals surface area contributed by atoms with E-state index in [1.165, 1.54) is 0 Å². The summed E-state index contributed by atoms with van der Waals surface area (Å²) in [5, 5.41) is 4.22. The van der Waals surface area contributed by atoms with Crippen LogP contribution in [0.4, 0.5) is 4.79 Å². The Morgan fingerprint density at radius 2 is 1.95 bits per heavy atom. The van der Waals surface area contributed by atoms with E-state index in [-0.39, 0.29) is 6.09 Å². The average Bonchev–Trinajstić information content (AvgIpc) is 2.37. The van der Waals surface area contributed by atoms with Crippen LogP contribution < -0.4 is 5.43 Å². The van der Waals surface area contributed by atoms with Crippen molar-refractivity contribution in [2.45, 2.75) is 59.1 Å². The van der Waals surface area contributed by atoms with E-state index in [2.05, 4.69) is 10.5 Å². The standard InChI is InChI=1S/C15H27N3O2/c1-6-12(2)11-16-17-13-7-9-18(10-8-13)14(19)20-15(3,4)5/h6,11,13,17H,7-10H2,1-5H3/b12-6+,16-11-. The van der Waals surface area contributed by atoms with Crippen molar-refractivity contribution < 1.29 is 9.53 Å². The summed E-state index contributed by atoms with van der Waals surface area (Å²) in [4.78, 5) is 13.7. The Balaban J connectivity index is 2.33. The number of nitrogens with zero attached hydrogens (tertiary/aromatic N) is 2. The Hall–Kier alpha value is -1.52. The summed E-state index contributed by atoms with van der Waals surface area (Å²) < 4.78 is 5.37. The number of ether oxygens (including phenoxy) is 1. The molecule has 5 heteroatoms. The molecule has 1 fully saturated rings. The topological polar surface area (TPSA) is 53.9 Å². The molecule has 0 saturated carbocycles. The van der Waals surface area contributed by atoms with E-state index in [0.717, 1.165) is 18.4 Å². The van der Waals surface area contributed by atoms with Crippen molar-refractivity contribution in [2.24, 2.45) is 5.10 Å². The predicted molar refractivity (Wildman–Crippen MR) is 81.9 cm³/mol. The summed E-state index contributed by atoms with van der Waals surface area (Å²) in [5.41, 5.74) is 3.84. The van der Waals surface area contributed by atoms with Crippen LogP contribution in [0.5, 0.6) is 0 Å². The van der Waals surface area contributed by atoms with Crippen LogP contribution >= 0.6 is 0 Å². The second-order valence-electron chi connectivity index (χ2n) is 6.16. The van der Waals surface area contributed by atoms with Gasteiger partial charge in [0, 0.05) is 25.3 Å². The zero-order valence-corrected chi connectivity index (χ0v) is 13.3. The molecule has 0 atom stereocenters. The van der Waals surface area contributed by atoms with Crippen molar-refractivity contribution in [1.82, 2.24) is 10.3 Å². The lowest BCUT2D eigenvalue weighted by Crippen LogP contribution is -2.45. The molecule has 0 unspecified atom stereocenters. The molecular formula is C15H27N3O2. The van der Waals surface area contributed by atoms with E-state index in [1.54, 1.807) is 4.90 Å². The first-order valence-corrected chi connectivity index (χ1v) is 7.21. The molecule has 0 aromatic heterocycles. The maximum atomic E-state index is 11.9. The number of amides is 1. The second kappa shape index (κ2) is 7.31. The highest BCUT2D eigenvalue weighted by atomic mass is 16.6. The van der Waals surface area contributed by atoms with Crippen LogP contribution in [0, 0.1) is 0 Å². The molecule has 114 valence electrons. The zero-order chi connectivity index (χ0) is 15.2. The SMILES string of the molecule is C/C=C(C)/C=N\NC1CCN(C(=O)OC(C)(C)C)CC1. The predicted octanol–water partition coefficient (Wildman–Crippen LogP) is 2.93. The van der Waals surface area contributed by atoms with Gasteiger partial charge in [-0.15, -0.1) is 0 Å². The number of carbonyl (C=O) groups is 1.